The molecule has 4 aromatic rings. The Hall–Kier alpha value is -3.01. The fraction of sp³-hybridized carbons (Fsp3) is 0.182. The highest BCUT2D eigenvalue weighted by Crippen LogP contribution is 2.34. The zero-order valence-electron chi connectivity index (χ0n) is 17.2. The van der Waals surface area contributed by atoms with Crippen molar-refractivity contribution in [3.63, 3.8) is 0 Å². The van der Waals surface area contributed by atoms with Gasteiger partial charge in [-0.3, -0.25) is 19.0 Å². The zero-order valence-corrected chi connectivity index (χ0v) is 19.6. The molecule has 0 bridgehead atoms. The van der Waals surface area contributed by atoms with E-state index in [0.29, 0.717) is 15.5 Å². The minimum Gasteiger partial charge on any atom is -0.456 e. The van der Waals surface area contributed by atoms with E-state index in [1.54, 1.807) is 12.3 Å². The van der Waals surface area contributed by atoms with E-state index in [1.165, 1.54) is 22.7 Å². The van der Waals surface area contributed by atoms with E-state index in [2.05, 4.69) is 10.3 Å². The number of halogens is 1. The van der Waals surface area contributed by atoms with Crippen LogP contribution in [0.1, 0.15) is 31.4 Å². The van der Waals surface area contributed by atoms with Gasteiger partial charge in [-0.25, -0.2) is 4.98 Å². The van der Waals surface area contributed by atoms with Crippen LogP contribution in [0.5, 0.6) is 0 Å². The van der Waals surface area contributed by atoms with Crippen LogP contribution in [0.3, 0.4) is 0 Å². The molecule has 0 spiro atoms. The van der Waals surface area contributed by atoms with Crippen molar-refractivity contribution in [1.82, 2.24) is 14.9 Å². The monoisotopic (exact) mass is 487 g/mol. The third-order valence-electron chi connectivity index (χ3n) is 4.84. The Kier molecular flexibility index (Phi) is 6.40. The predicted octanol–water partition coefficient (Wildman–Crippen LogP) is 4.57. The molecular formula is C22H18ClN3O4S2. The number of hydrogen-bond acceptors (Lipinski definition) is 7. The van der Waals surface area contributed by atoms with Gasteiger partial charge in [0.05, 0.1) is 5.02 Å². The van der Waals surface area contributed by atoms with Crippen molar-refractivity contribution in [3.8, 4) is 5.13 Å². The normalized spacial score (nSPS) is 11.0. The maximum Gasteiger partial charge on any atom is 0.325 e. The van der Waals surface area contributed by atoms with E-state index in [4.69, 9.17) is 16.3 Å². The molecule has 4 rings (SSSR count). The highest BCUT2D eigenvalue weighted by molar-refractivity contribution is 7.21. The molecule has 0 unspecified atom stereocenters. The number of nitrogens with zero attached hydrogens (tertiary/aromatic N) is 2. The molecule has 0 aliphatic carbocycles. The Morgan fingerprint density at radius 1 is 1.22 bits per heavy atom. The van der Waals surface area contributed by atoms with Gasteiger partial charge in [0.2, 0.25) is 5.78 Å². The first kappa shape index (κ1) is 22.2. The van der Waals surface area contributed by atoms with Crippen LogP contribution in [0.4, 0.5) is 0 Å². The quantitative estimate of drug-likeness (QED) is 0.304. The molecule has 32 heavy (non-hydrogen) atoms. The third kappa shape index (κ3) is 4.32. The summed E-state index contributed by atoms with van der Waals surface area (Å²) in [5, 5.41) is 6.25. The van der Waals surface area contributed by atoms with Crippen LogP contribution in [-0.2, 0) is 9.53 Å². The Morgan fingerprint density at radius 2 is 2.00 bits per heavy atom. The van der Waals surface area contributed by atoms with E-state index < -0.39 is 18.5 Å². The SMILES string of the molecule is Cc1cc(C(=O)COC(=O)CNC(=O)c2sc3ccccc3c2Cl)c(C)n1-c1nccs1. The molecule has 164 valence electrons. The first-order chi connectivity index (χ1) is 15.4. The van der Waals surface area contributed by atoms with Crippen molar-refractivity contribution in [2.24, 2.45) is 0 Å². The number of Topliss-reactive ketones (excluding diaryl/α,β-unsaturated/α-hetero) is 1. The highest BCUT2D eigenvalue weighted by atomic mass is 35.5. The van der Waals surface area contributed by atoms with Crippen LogP contribution in [-0.4, -0.2) is 40.4 Å². The van der Waals surface area contributed by atoms with Crippen LogP contribution in [0.2, 0.25) is 5.02 Å². The first-order valence-electron chi connectivity index (χ1n) is 9.59. The number of thiazole rings is 1. The number of carbonyl (C=O) groups is 3. The minimum absolute atomic E-state index is 0.325. The van der Waals surface area contributed by atoms with Gasteiger partial charge in [0.15, 0.2) is 11.7 Å². The molecule has 7 nitrogen and oxygen atoms in total. The molecule has 3 heterocycles. The molecule has 3 aromatic heterocycles. The number of benzene rings is 1. The number of ether oxygens (including phenoxy) is 1. The summed E-state index contributed by atoms with van der Waals surface area (Å²) in [6, 6.07) is 9.15. The van der Waals surface area contributed by atoms with Gasteiger partial charge in [0.1, 0.15) is 11.4 Å². The molecule has 0 radical (unpaired) electrons. The number of ketones is 1. The smallest absolute Gasteiger partial charge is 0.325 e. The molecule has 1 aromatic carbocycles. The van der Waals surface area contributed by atoms with Gasteiger partial charge >= 0.3 is 5.97 Å². The van der Waals surface area contributed by atoms with Crippen molar-refractivity contribution >= 4 is 62.0 Å². The lowest BCUT2D eigenvalue weighted by Crippen LogP contribution is -2.31. The number of nitrogens with one attached hydrogen (secondary N) is 1. The minimum atomic E-state index is -0.710. The van der Waals surface area contributed by atoms with Crippen molar-refractivity contribution < 1.29 is 19.1 Å². The van der Waals surface area contributed by atoms with Gasteiger partial charge in [-0.1, -0.05) is 29.8 Å². The maximum atomic E-state index is 12.6. The number of aryl methyl sites for hydroxylation is 1. The number of esters is 1. The Morgan fingerprint density at radius 3 is 2.72 bits per heavy atom. The second kappa shape index (κ2) is 9.23. The van der Waals surface area contributed by atoms with E-state index in [9.17, 15) is 14.4 Å². The van der Waals surface area contributed by atoms with Crippen molar-refractivity contribution in [2.45, 2.75) is 13.8 Å². The number of rotatable bonds is 7. The summed E-state index contributed by atoms with van der Waals surface area (Å²) in [6.45, 7) is 2.92. The molecule has 1 N–H and O–H groups in total. The summed E-state index contributed by atoms with van der Waals surface area (Å²) in [7, 11) is 0. The lowest BCUT2D eigenvalue weighted by molar-refractivity contribution is -0.141. The number of hydrogen-bond donors (Lipinski definition) is 1. The average molecular weight is 488 g/mol. The van der Waals surface area contributed by atoms with Crippen molar-refractivity contribution in [2.75, 3.05) is 13.2 Å². The van der Waals surface area contributed by atoms with Crippen LogP contribution in [0.15, 0.2) is 41.9 Å². The van der Waals surface area contributed by atoms with E-state index in [-0.39, 0.29) is 12.3 Å². The molecule has 10 heteroatoms. The van der Waals surface area contributed by atoms with E-state index in [0.717, 1.165) is 26.6 Å². The number of thiophene rings is 1. The van der Waals surface area contributed by atoms with Crippen LogP contribution >= 0.6 is 34.3 Å². The largest absolute Gasteiger partial charge is 0.456 e. The number of aromatic nitrogens is 2. The standard InChI is InChI=1S/C22H18ClN3O4S2/c1-12-9-15(13(2)26(12)22-24-7-8-31-22)16(27)11-30-18(28)10-25-21(29)20-19(23)14-5-3-4-6-17(14)32-20/h3-9H,10-11H2,1-2H3,(H,25,29). The first-order valence-corrected chi connectivity index (χ1v) is 11.7. The zero-order chi connectivity index (χ0) is 22.8. The van der Waals surface area contributed by atoms with E-state index >= 15 is 0 Å². The van der Waals surface area contributed by atoms with Crippen LogP contribution in [0.25, 0.3) is 15.2 Å². The maximum absolute atomic E-state index is 12.6. The summed E-state index contributed by atoms with van der Waals surface area (Å²) < 4.78 is 7.84. The summed E-state index contributed by atoms with van der Waals surface area (Å²) in [5.41, 5.74) is 2.05. The number of amides is 1. The second-order valence-corrected chi connectivity index (χ2v) is 9.25. The lowest BCUT2D eigenvalue weighted by Gasteiger charge is -2.07. The van der Waals surface area contributed by atoms with Crippen molar-refractivity contribution in [1.29, 1.82) is 0 Å². The summed E-state index contributed by atoms with van der Waals surface area (Å²) >= 11 is 9.00. The summed E-state index contributed by atoms with van der Waals surface area (Å²) in [5.74, 6) is -1.50. The van der Waals surface area contributed by atoms with Gasteiger partial charge in [-0.05, 0) is 26.0 Å². The molecule has 0 saturated carbocycles. The van der Waals surface area contributed by atoms with Crippen LogP contribution < -0.4 is 5.32 Å². The topological polar surface area (TPSA) is 90.3 Å². The molecule has 0 atom stereocenters. The predicted molar refractivity (Wildman–Crippen MR) is 125 cm³/mol. The Balaban J connectivity index is 1.34. The summed E-state index contributed by atoms with van der Waals surface area (Å²) in [6.07, 6.45) is 1.70. The van der Waals surface area contributed by atoms with Gasteiger partial charge < -0.3 is 10.1 Å². The number of fused-ring (bicyclic) bond motifs is 1. The van der Waals surface area contributed by atoms with Crippen LogP contribution in [0, 0.1) is 13.8 Å². The third-order valence-corrected chi connectivity index (χ3v) is 7.27. The lowest BCUT2D eigenvalue weighted by atomic mass is 10.1. The van der Waals surface area contributed by atoms with Gasteiger partial charge in [0.25, 0.3) is 5.91 Å². The average Bonchev–Trinajstić information content (AvgIpc) is 3.49. The van der Waals surface area contributed by atoms with Gasteiger partial charge in [-0.15, -0.1) is 22.7 Å². The fourth-order valence-corrected chi connectivity index (χ4v) is 5.52. The van der Waals surface area contributed by atoms with E-state index in [1.807, 2.05) is 48.1 Å². The molecule has 0 fully saturated rings. The van der Waals surface area contributed by atoms with Crippen molar-refractivity contribution in [3.05, 3.63) is 68.8 Å². The Bertz CT molecular complexity index is 1320. The van der Waals surface area contributed by atoms with Gasteiger partial charge in [-0.2, -0.15) is 0 Å². The molecule has 0 aliphatic heterocycles. The highest BCUT2D eigenvalue weighted by Gasteiger charge is 2.20. The Labute approximate surface area is 196 Å². The molecular weight excluding hydrogens is 470 g/mol. The molecule has 1 amide bonds. The second-order valence-electron chi connectivity index (χ2n) is 6.94. The number of carbonyl (C=O) groups excluding carboxylic acids is 3. The fourth-order valence-electron chi connectivity index (χ4n) is 3.33. The van der Waals surface area contributed by atoms with Gasteiger partial charge in [0, 0.05) is 38.6 Å². The molecule has 0 aliphatic rings. The summed E-state index contributed by atoms with van der Waals surface area (Å²) in [4.78, 5) is 41.7. The molecule has 0 saturated heterocycles.